The van der Waals surface area contributed by atoms with E-state index in [0.29, 0.717) is 17.5 Å². The van der Waals surface area contributed by atoms with E-state index in [1.807, 2.05) is 36.4 Å². The van der Waals surface area contributed by atoms with Gasteiger partial charge in [0.15, 0.2) is 17.5 Å². The van der Waals surface area contributed by atoms with Gasteiger partial charge in [-0.3, -0.25) is 0 Å². The highest BCUT2D eigenvalue weighted by Gasteiger charge is 2.48. The maximum atomic E-state index is 5.24. The molecular weight excluding hydrogens is 534 g/mol. The van der Waals surface area contributed by atoms with Gasteiger partial charge >= 0.3 is 0 Å². The highest BCUT2D eigenvalue weighted by atomic mass is 15.0. The molecule has 0 spiro atoms. The van der Waals surface area contributed by atoms with E-state index in [-0.39, 0.29) is 10.8 Å². The summed E-state index contributed by atoms with van der Waals surface area (Å²) in [6.07, 6.45) is 0. The Hall–Kier alpha value is -5.15. The van der Waals surface area contributed by atoms with E-state index in [1.165, 1.54) is 43.8 Å². The molecule has 3 heteroatoms. The van der Waals surface area contributed by atoms with Crippen molar-refractivity contribution < 1.29 is 0 Å². The Bertz CT molecular complexity index is 2160. The fourth-order valence-corrected chi connectivity index (χ4v) is 7.08. The predicted molar refractivity (Wildman–Crippen MR) is 183 cm³/mol. The SMILES string of the molecule is CC1(C)c2ccccc2-c2c(c(-c3nc(-c4ccccc4)nc(-c4ccccc4)n3)cc3c2ccc2ccccc23)C1(C)C. The molecule has 1 aliphatic rings. The molecule has 1 aromatic heterocycles. The van der Waals surface area contributed by atoms with E-state index < -0.39 is 0 Å². The summed E-state index contributed by atoms with van der Waals surface area (Å²) >= 11 is 0. The van der Waals surface area contributed by atoms with Crippen LogP contribution in [0.2, 0.25) is 0 Å². The van der Waals surface area contributed by atoms with Crippen molar-refractivity contribution in [2.75, 3.05) is 0 Å². The van der Waals surface area contributed by atoms with Gasteiger partial charge in [0.2, 0.25) is 0 Å². The molecule has 0 saturated heterocycles. The van der Waals surface area contributed by atoms with E-state index in [4.69, 9.17) is 15.0 Å². The first-order valence-corrected chi connectivity index (χ1v) is 15.3. The Morgan fingerprint density at radius 3 is 1.68 bits per heavy atom. The molecule has 8 rings (SSSR count). The molecule has 0 aliphatic heterocycles. The standard InChI is InChI=1S/C41H33N3/c1-40(2)34-22-14-13-21-31(34)35-30-24-23-26-15-11-12-20-29(26)32(30)25-33(36(35)41(40,3)4)39-43-37(27-16-7-5-8-17-27)42-38(44-39)28-18-9-6-10-19-28/h5-25H,1-4H3. The van der Waals surface area contributed by atoms with Crippen molar-refractivity contribution in [1.82, 2.24) is 15.0 Å². The maximum Gasteiger partial charge on any atom is 0.164 e. The van der Waals surface area contributed by atoms with Gasteiger partial charge in [-0.05, 0) is 55.3 Å². The van der Waals surface area contributed by atoms with Crippen LogP contribution in [0.15, 0.2) is 127 Å². The lowest BCUT2D eigenvalue weighted by Crippen LogP contribution is -2.44. The Balaban J connectivity index is 1.55. The van der Waals surface area contributed by atoms with Crippen molar-refractivity contribution in [2.24, 2.45) is 0 Å². The second kappa shape index (κ2) is 9.68. The Morgan fingerprint density at radius 1 is 0.432 bits per heavy atom. The van der Waals surface area contributed by atoms with E-state index >= 15 is 0 Å². The average molecular weight is 568 g/mol. The molecule has 0 unspecified atom stereocenters. The minimum atomic E-state index is -0.238. The van der Waals surface area contributed by atoms with Gasteiger partial charge in [0.25, 0.3) is 0 Å². The minimum Gasteiger partial charge on any atom is -0.208 e. The number of nitrogens with zero attached hydrogens (tertiary/aromatic N) is 3. The number of rotatable bonds is 3. The molecule has 0 saturated carbocycles. The summed E-state index contributed by atoms with van der Waals surface area (Å²) < 4.78 is 0. The van der Waals surface area contributed by atoms with Crippen molar-refractivity contribution >= 4 is 21.5 Å². The van der Waals surface area contributed by atoms with Gasteiger partial charge in [-0.25, -0.2) is 15.0 Å². The van der Waals surface area contributed by atoms with Gasteiger partial charge < -0.3 is 0 Å². The third kappa shape index (κ3) is 3.85. The van der Waals surface area contributed by atoms with Crippen LogP contribution in [0, 0.1) is 0 Å². The van der Waals surface area contributed by atoms with Crippen LogP contribution in [-0.4, -0.2) is 15.0 Å². The van der Waals surface area contributed by atoms with Gasteiger partial charge in [-0.15, -0.1) is 0 Å². The van der Waals surface area contributed by atoms with Crippen LogP contribution in [0.3, 0.4) is 0 Å². The van der Waals surface area contributed by atoms with Gasteiger partial charge in [0, 0.05) is 22.1 Å². The van der Waals surface area contributed by atoms with Gasteiger partial charge in [-0.2, -0.15) is 0 Å². The number of benzene rings is 6. The lowest BCUT2D eigenvalue weighted by molar-refractivity contribution is 0.300. The number of fused-ring (bicyclic) bond motifs is 7. The zero-order valence-corrected chi connectivity index (χ0v) is 25.5. The summed E-state index contributed by atoms with van der Waals surface area (Å²) in [5.41, 5.74) is 7.85. The lowest BCUT2D eigenvalue weighted by atomic mass is 9.54. The number of aromatic nitrogens is 3. The molecule has 0 bridgehead atoms. The normalized spacial score (nSPS) is 14.7. The largest absolute Gasteiger partial charge is 0.208 e. The molecule has 44 heavy (non-hydrogen) atoms. The summed E-state index contributed by atoms with van der Waals surface area (Å²) in [7, 11) is 0. The van der Waals surface area contributed by atoms with E-state index in [2.05, 4.69) is 119 Å². The first-order chi connectivity index (χ1) is 21.3. The van der Waals surface area contributed by atoms with Crippen molar-refractivity contribution in [2.45, 2.75) is 38.5 Å². The molecule has 1 aliphatic carbocycles. The first kappa shape index (κ1) is 26.5. The number of hydrogen-bond donors (Lipinski definition) is 0. The van der Waals surface area contributed by atoms with Crippen LogP contribution in [0.4, 0.5) is 0 Å². The Morgan fingerprint density at radius 2 is 1.00 bits per heavy atom. The molecule has 0 radical (unpaired) electrons. The summed E-state index contributed by atoms with van der Waals surface area (Å²) in [5, 5.41) is 4.93. The van der Waals surface area contributed by atoms with Crippen molar-refractivity contribution in [1.29, 1.82) is 0 Å². The van der Waals surface area contributed by atoms with E-state index in [0.717, 1.165) is 16.7 Å². The van der Waals surface area contributed by atoms with Gasteiger partial charge in [0.05, 0.1) is 0 Å². The van der Waals surface area contributed by atoms with Crippen molar-refractivity contribution in [3.05, 3.63) is 139 Å². The van der Waals surface area contributed by atoms with E-state index in [1.54, 1.807) is 0 Å². The average Bonchev–Trinajstić information content (AvgIpc) is 3.07. The van der Waals surface area contributed by atoms with Gasteiger partial charge in [0.1, 0.15) is 0 Å². The van der Waals surface area contributed by atoms with Crippen molar-refractivity contribution in [3.8, 4) is 45.3 Å². The van der Waals surface area contributed by atoms with Crippen LogP contribution < -0.4 is 0 Å². The highest BCUT2D eigenvalue weighted by molar-refractivity contribution is 6.15. The monoisotopic (exact) mass is 567 g/mol. The lowest BCUT2D eigenvalue weighted by Gasteiger charge is -2.49. The van der Waals surface area contributed by atoms with Crippen molar-refractivity contribution in [3.63, 3.8) is 0 Å². The minimum absolute atomic E-state index is 0.145. The number of hydrogen-bond acceptors (Lipinski definition) is 3. The quantitative estimate of drug-likeness (QED) is 0.199. The molecule has 7 aromatic rings. The summed E-state index contributed by atoms with van der Waals surface area (Å²) in [5.74, 6) is 2.05. The van der Waals surface area contributed by atoms with Crippen LogP contribution >= 0.6 is 0 Å². The smallest absolute Gasteiger partial charge is 0.164 e. The highest BCUT2D eigenvalue weighted by Crippen LogP contribution is 2.58. The topological polar surface area (TPSA) is 38.7 Å². The molecule has 0 amide bonds. The third-order valence-corrected chi connectivity index (χ3v) is 10.0. The van der Waals surface area contributed by atoms with Crippen LogP contribution in [0.5, 0.6) is 0 Å². The first-order valence-electron chi connectivity index (χ1n) is 15.3. The summed E-state index contributed by atoms with van der Waals surface area (Å²) in [6, 6.07) is 45.0. The van der Waals surface area contributed by atoms with E-state index in [9.17, 15) is 0 Å². The third-order valence-electron chi connectivity index (χ3n) is 10.0. The summed E-state index contributed by atoms with van der Waals surface area (Å²) in [6.45, 7) is 9.52. The molecule has 0 N–H and O–H groups in total. The fraction of sp³-hybridized carbons (Fsp3) is 0.146. The molecule has 0 fully saturated rings. The molecule has 1 heterocycles. The molecule has 0 atom stereocenters. The zero-order chi connectivity index (χ0) is 30.1. The molecular formula is C41H33N3. The molecule has 6 aromatic carbocycles. The zero-order valence-electron chi connectivity index (χ0n) is 25.5. The Labute approximate surface area is 258 Å². The maximum absolute atomic E-state index is 5.24. The second-order valence-electron chi connectivity index (χ2n) is 12.9. The summed E-state index contributed by atoms with van der Waals surface area (Å²) in [4.78, 5) is 15.5. The molecule has 3 nitrogen and oxygen atoms in total. The van der Waals surface area contributed by atoms with Crippen LogP contribution in [0.25, 0.3) is 66.8 Å². The van der Waals surface area contributed by atoms with Gasteiger partial charge in [-0.1, -0.05) is 149 Å². The fourth-order valence-electron chi connectivity index (χ4n) is 7.08. The molecule has 212 valence electrons. The predicted octanol–water partition coefficient (Wildman–Crippen LogP) is 10.4. The Kier molecular flexibility index (Phi) is 5.83. The van der Waals surface area contributed by atoms with Crippen LogP contribution in [0.1, 0.15) is 38.8 Å². The second-order valence-corrected chi connectivity index (χ2v) is 12.9. The van der Waals surface area contributed by atoms with Crippen LogP contribution in [-0.2, 0) is 10.8 Å².